The fourth-order valence-corrected chi connectivity index (χ4v) is 10.7. The van der Waals surface area contributed by atoms with Gasteiger partial charge in [0.2, 0.25) is 34.9 Å². The Balaban J connectivity index is -0.000000232. The fraction of sp³-hybridized carbons (Fsp3) is 0.673. The normalized spacial score (nSPS) is 12.5. The van der Waals surface area contributed by atoms with Gasteiger partial charge in [-0.05, 0) is 199 Å². The Morgan fingerprint density at radius 2 is 0.755 bits per heavy atom. The minimum absolute atomic E-state index is 0.0186. The van der Waals surface area contributed by atoms with Crippen LogP contribution in [0.15, 0.2) is 107 Å². The lowest BCUT2D eigenvalue weighted by molar-refractivity contribution is -0.138. The van der Waals surface area contributed by atoms with E-state index in [0.29, 0.717) is 165 Å². The van der Waals surface area contributed by atoms with Crippen LogP contribution in [-0.2, 0) is 95.8 Å². The van der Waals surface area contributed by atoms with E-state index < -0.39 is 40.3 Å². The molecule has 26 heteroatoms. The molecule has 794 valence electrons. The Labute approximate surface area is 836 Å². The Morgan fingerprint density at radius 1 is 0.403 bits per heavy atom. The number of rotatable bonds is 46. The number of Topliss-reactive ketones (excluding diaryl/α,β-unsaturated/α-hetero) is 11. The lowest BCUT2D eigenvalue weighted by Crippen LogP contribution is -2.40. The predicted octanol–water partition coefficient (Wildman–Crippen LogP) is 24.0. The fourth-order valence-electron chi connectivity index (χ4n) is 10.7. The number of amides is 2. The summed E-state index contributed by atoms with van der Waals surface area (Å²) >= 11 is 0. The van der Waals surface area contributed by atoms with Crippen LogP contribution in [0.1, 0.15) is 397 Å². The Kier molecular flexibility index (Phi) is 76.0. The number of allylic oxidation sites excluding steroid dienone is 14. The average Bonchev–Trinajstić information content (AvgIpc) is 1.68. The number of hydrogen-bond donors (Lipinski definition) is 2. The zero-order valence-corrected chi connectivity index (χ0v) is 93.3. The van der Waals surface area contributed by atoms with Crippen LogP contribution in [0.3, 0.4) is 0 Å². The smallest absolute Gasteiger partial charge is 0.381 e. The summed E-state index contributed by atoms with van der Waals surface area (Å²) in [6.07, 6.45) is 23.8. The van der Waals surface area contributed by atoms with Crippen LogP contribution in [-0.4, -0.2) is 168 Å². The van der Waals surface area contributed by atoms with Crippen LogP contribution in [0.25, 0.3) is 0 Å². The number of nitrogens with one attached hydrogen (secondary N) is 2. The Bertz CT molecular complexity index is 4200. The molecule has 139 heavy (non-hydrogen) atoms. The highest BCUT2D eigenvalue weighted by molar-refractivity contribution is 6.43. The van der Waals surface area contributed by atoms with Gasteiger partial charge in [-0.3, -0.25) is 91.1 Å². The van der Waals surface area contributed by atoms with E-state index in [1.165, 1.54) is 24.3 Å². The van der Waals surface area contributed by atoms with Gasteiger partial charge in [-0.25, -0.2) is 0 Å². The van der Waals surface area contributed by atoms with E-state index in [-0.39, 0.29) is 149 Å². The number of nitrogens with zero attached hydrogens (tertiary/aromatic N) is 1. The number of alkyl halides is 3. The molecule has 1 rings (SSSR count). The van der Waals surface area contributed by atoms with Crippen molar-refractivity contribution >= 4 is 110 Å². The molecule has 0 saturated heterocycles. The molecule has 1 aliphatic carbocycles. The van der Waals surface area contributed by atoms with E-state index >= 15 is 0 Å². The third-order valence-electron chi connectivity index (χ3n) is 18.7. The lowest BCUT2D eigenvalue weighted by Gasteiger charge is -2.20. The number of likely N-dealkylation sites (N-methyl/N-ethyl adjacent to an activating group) is 1. The summed E-state index contributed by atoms with van der Waals surface area (Å²) < 4.78 is 42.5. The lowest BCUT2D eigenvalue weighted by atomic mass is 9.87. The van der Waals surface area contributed by atoms with Gasteiger partial charge in [0.05, 0.1) is 13.2 Å². The largest absolute Gasteiger partial charge is 0.413 e. The maximum absolute atomic E-state index is 12.6. The van der Waals surface area contributed by atoms with E-state index in [2.05, 4.69) is 38.0 Å². The van der Waals surface area contributed by atoms with E-state index in [4.69, 9.17) is 4.74 Å². The van der Waals surface area contributed by atoms with Gasteiger partial charge in [-0.1, -0.05) is 221 Å². The zero-order valence-electron chi connectivity index (χ0n) is 93.3. The molecule has 23 nitrogen and oxygen atoms in total. The SMILES string of the molecule is C/C=C/C(=O)CCCC(=O)CC(C)(C)C.C/C=C/C(=O)CCCC(=O)CCC(=O)C(C)(C)C.C/C=C/C(=O)CCCC(=O)NCC(=O)CC(C)(C)C.C=C(CC)C(=O)CCC(=O)C(C)(C)C.CC(C)(C)NC(=O)/C=C(\C1CC1)C(F)(F)F.CC(C)=CC(=O)C(=O)C(C)(C)C.CC(C)=CC(=O)C(=O)CC(C)(C)C.CN(C)C/C=C/C(=O)CCC(=O)C(C)(C)C.COC/C=C(\C)C(=O)CCC(=O)C(C)(C)C. The van der Waals surface area contributed by atoms with Crippen molar-refractivity contribution in [3.8, 4) is 0 Å². The predicted molar refractivity (Wildman–Crippen MR) is 557 cm³/mol. The van der Waals surface area contributed by atoms with Crippen molar-refractivity contribution in [2.45, 2.75) is 409 Å². The summed E-state index contributed by atoms with van der Waals surface area (Å²) in [6, 6.07) is 0. The van der Waals surface area contributed by atoms with Crippen LogP contribution < -0.4 is 10.6 Å². The van der Waals surface area contributed by atoms with Gasteiger partial charge >= 0.3 is 6.18 Å². The van der Waals surface area contributed by atoms with Gasteiger partial charge < -0.3 is 20.3 Å². The summed E-state index contributed by atoms with van der Waals surface area (Å²) in [5.74, 6) is -1.60. The number of methoxy groups -OCH3 is 1. The number of carbonyl (C=O) groups excluding carboxylic acids is 19. The van der Waals surface area contributed by atoms with Crippen LogP contribution >= 0.6 is 0 Å². The second kappa shape index (κ2) is 72.9. The molecule has 0 radical (unpaired) electrons. The van der Waals surface area contributed by atoms with Gasteiger partial charge in [0.1, 0.15) is 34.7 Å². The summed E-state index contributed by atoms with van der Waals surface area (Å²) in [7, 11) is 5.47. The Hall–Kier alpha value is -9.30. The molecule has 0 spiro atoms. The highest BCUT2D eigenvalue weighted by Crippen LogP contribution is 2.44. The first kappa shape index (κ1) is 145. The first-order valence-electron chi connectivity index (χ1n) is 48.5. The molecule has 1 fully saturated rings. The molecular formula is C113H186F3N3O20. The maximum atomic E-state index is 12.6. The molecule has 2 N–H and O–H groups in total. The molecule has 1 saturated carbocycles. The van der Waals surface area contributed by atoms with Gasteiger partial charge in [0, 0.05) is 167 Å². The first-order chi connectivity index (χ1) is 62.7. The average molecular weight is 1960 g/mol. The molecule has 0 aromatic rings. The van der Waals surface area contributed by atoms with Gasteiger partial charge in [0.25, 0.3) is 0 Å². The molecule has 0 unspecified atom stereocenters. The molecule has 0 aromatic heterocycles. The first-order valence-corrected chi connectivity index (χ1v) is 48.5. The highest BCUT2D eigenvalue weighted by atomic mass is 19.4. The third kappa shape index (κ3) is 97.3. The van der Waals surface area contributed by atoms with E-state index in [9.17, 15) is 104 Å². The van der Waals surface area contributed by atoms with Crippen LogP contribution in [0, 0.1) is 49.2 Å². The summed E-state index contributed by atoms with van der Waals surface area (Å²) in [4.78, 5) is 218. The van der Waals surface area contributed by atoms with Crippen molar-refractivity contribution in [3.63, 3.8) is 0 Å². The Morgan fingerprint density at radius 3 is 1.09 bits per heavy atom. The van der Waals surface area contributed by atoms with Crippen molar-refractivity contribution in [3.05, 3.63) is 107 Å². The molecule has 0 bridgehead atoms. The van der Waals surface area contributed by atoms with E-state index in [1.807, 2.05) is 177 Å². The number of hydrogen-bond acceptors (Lipinski definition) is 21. The summed E-state index contributed by atoms with van der Waals surface area (Å²) in [6.45, 7) is 71.9. The number of ketones is 17. The van der Waals surface area contributed by atoms with Gasteiger partial charge in [0.15, 0.2) is 40.5 Å². The number of halogens is 3. The summed E-state index contributed by atoms with van der Waals surface area (Å²) in [5.41, 5.74) is -0.285. The highest BCUT2D eigenvalue weighted by Gasteiger charge is 2.44. The standard InChI is InChI=1S/C15H25NO3.C15H24O3.C13H23NO2.C13H22O3.C13H22O2.C12H20O2.C11H16F3NO.C11H18O2.C10H16O2/c1-5-7-12(17)8-6-9-14(19)16-11-13(18)10-15(2,3)4;1-5-7-12(16)8-6-9-13(17)10-11-14(18)15(2,3)4;1-13(2,3)12(16)9-8-11(15)7-6-10-14(4)5;1-10(8-9-16-5)11(14)6-7-12(15)13(2,3)4;1-5-7-11(14)8-6-9-12(15)10-13(2,3)4;1-6-9(2)10(13)7-8-11(14)12(3,4)5;1-10(2,3)15-9(16)6-8(7-4-5-7)11(12,13)14;1-8(2)6-9(12)10(13)7-11(3,4)5;1-7(2)6-8(11)9(12)10(3,4)5/h5,7H,6,8-11H2,1-4H3,(H,16,19);5,7H,6,8-11H2,1-4H3;6-7H,8-10H2,1-5H3;8H,6-7,9H2,1-5H3;5,7H,6,8-10H2,1-4H3;2,6-8H2,1,3-5H3;6-7H,4-5H2,1-3H3,(H,15,16);6H,7H2,1-5H3;6H,1-5H3/b2*7-5+;7-6+;10-8+;7-5+;;8-6+;;. The number of carbonyl (C=O) groups is 19. The molecule has 0 heterocycles. The zero-order chi connectivity index (χ0) is 111. The molecule has 2 amide bonds. The van der Waals surface area contributed by atoms with Crippen molar-refractivity contribution in [2.24, 2.45) is 49.2 Å². The van der Waals surface area contributed by atoms with E-state index in [0.717, 1.165) is 17.7 Å². The quantitative estimate of drug-likeness (QED) is 0.0422. The van der Waals surface area contributed by atoms with Crippen LogP contribution in [0.4, 0.5) is 13.2 Å². The second-order valence-corrected chi connectivity index (χ2v) is 45.3. The van der Waals surface area contributed by atoms with Crippen molar-refractivity contribution in [1.82, 2.24) is 15.5 Å². The minimum Gasteiger partial charge on any atom is -0.381 e. The summed E-state index contributed by atoms with van der Waals surface area (Å²) in [5, 5.41) is 5.08. The molecule has 0 aliphatic heterocycles. The molecular weight excluding hydrogens is 1780 g/mol. The number of ether oxygens (including phenoxy) is 1. The minimum atomic E-state index is -4.39. The molecule has 1 aliphatic rings. The van der Waals surface area contributed by atoms with Crippen LogP contribution in [0.5, 0.6) is 0 Å². The monoisotopic (exact) mass is 1960 g/mol. The molecule has 0 atom stereocenters. The second-order valence-electron chi connectivity index (χ2n) is 45.3. The molecule has 0 aromatic carbocycles. The van der Waals surface area contributed by atoms with Crippen molar-refractivity contribution < 1.29 is 109 Å². The van der Waals surface area contributed by atoms with Gasteiger partial charge in [-0.15, -0.1) is 0 Å². The maximum Gasteiger partial charge on any atom is 0.413 e. The topological polar surface area (TPSA) is 361 Å². The van der Waals surface area contributed by atoms with Crippen molar-refractivity contribution in [1.29, 1.82) is 0 Å². The third-order valence-corrected chi connectivity index (χ3v) is 18.7. The van der Waals surface area contributed by atoms with Crippen molar-refractivity contribution in [2.75, 3.05) is 40.9 Å². The van der Waals surface area contributed by atoms with E-state index in [1.54, 1.807) is 120 Å². The van der Waals surface area contributed by atoms with Gasteiger partial charge in [-0.2, -0.15) is 13.2 Å². The van der Waals surface area contributed by atoms with Crippen LogP contribution in [0.2, 0.25) is 0 Å².